The van der Waals surface area contributed by atoms with Gasteiger partial charge in [0.05, 0.1) is 5.56 Å². The van der Waals surface area contributed by atoms with Gasteiger partial charge in [-0.05, 0) is 18.6 Å². The molecule has 1 aromatic carbocycles. The van der Waals surface area contributed by atoms with Gasteiger partial charge >= 0.3 is 0 Å². The molecule has 0 radical (unpaired) electrons. The molecule has 0 amide bonds. The van der Waals surface area contributed by atoms with E-state index in [0.29, 0.717) is 11.4 Å². The molecule has 0 atom stereocenters. The van der Waals surface area contributed by atoms with Crippen molar-refractivity contribution in [1.29, 1.82) is 0 Å². The van der Waals surface area contributed by atoms with Gasteiger partial charge in [0.15, 0.2) is 11.0 Å². The van der Waals surface area contributed by atoms with Crippen molar-refractivity contribution in [3.8, 4) is 11.4 Å². The largest absolute Gasteiger partial charge is 0.305 e. The Kier molecular flexibility index (Phi) is 4.36. The summed E-state index contributed by atoms with van der Waals surface area (Å²) in [6.45, 7) is 2.15. The molecule has 0 aliphatic carbocycles. The average Bonchev–Trinajstić information content (AvgIpc) is 2.72. The SMILES string of the molecule is CCCCSc1nnc(-c2ccccc2F)n1C. The fourth-order valence-electron chi connectivity index (χ4n) is 1.63. The summed E-state index contributed by atoms with van der Waals surface area (Å²) in [6.07, 6.45) is 2.30. The quantitative estimate of drug-likeness (QED) is 0.612. The highest BCUT2D eigenvalue weighted by atomic mass is 32.2. The lowest BCUT2D eigenvalue weighted by Crippen LogP contribution is -1.96. The maximum absolute atomic E-state index is 13.7. The van der Waals surface area contributed by atoms with Gasteiger partial charge in [-0.1, -0.05) is 37.2 Å². The number of thioether (sulfide) groups is 1. The Hall–Kier alpha value is -1.36. The second-order valence-corrected chi connectivity index (χ2v) is 5.11. The minimum absolute atomic E-state index is 0.266. The van der Waals surface area contributed by atoms with Gasteiger partial charge in [-0.25, -0.2) is 4.39 Å². The summed E-state index contributed by atoms with van der Waals surface area (Å²) in [4.78, 5) is 0. The lowest BCUT2D eigenvalue weighted by Gasteiger charge is -2.04. The Labute approximate surface area is 110 Å². The number of rotatable bonds is 5. The van der Waals surface area contributed by atoms with Crippen LogP contribution < -0.4 is 0 Å². The number of hydrogen-bond acceptors (Lipinski definition) is 3. The van der Waals surface area contributed by atoms with Crippen molar-refractivity contribution >= 4 is 11.8 Å². The molecule has 0 N–H and O–H groups in total. The van der Waals surface area contributed by atoms with Crippen LogP contribution in [0.4, 0.5) is 4.39 Å². The predicted molar refractivity (Wildman–Crippen MR) is 72.0 cm³/mol. The highest BCUT2D eigenvalue weighted by Crippen LogP contribution is 2.24. The zero-order chi connectivity index (χ0) is 13.0. The molecule has 0 aliphatic heterocycles. The fraction of sp³-hybridized carbons (Fsp3) is 0.385. The highest BCUT2D eigenvalue weighted by molar-refractivity contribution is 7.99. The van der Waals surface area contributed by atoms with E-state index in [1.165, 1.54) is 6.07 Å². The van der Waals surface area contributed by atoms with Gasteiger partial charge in [0.2, 0.25) is 0 Å². The number of unbranched alkanes of at least 4 members (excludes halogenated alkanes) is 1. The summed E-state index contributed by atoms with van der Waals surface area (Å²) in [6, 6.07) is 6.64. The predicted octanol–water partition coefficient (Wildman–Crippen LogP) is 3.51. The molecule has 18 heavy (non-hydrogen) atoms. The number of nitrogens with zero attached hydrogens (tertiary/aromatic N) is 3. The number of benzene rings is 1. The maximum Gasteiger partial charge on any atom is 0.191 e. The Balaban J connectivity index is 2.23. The van der Waals surface area contributed by atoms with Crippen LogP contribution in [0.3, 0.4) is 0 Å². The molecule has 0 saturated heterocycles. The smallest absolute Gasteiger partial charge is 0.191 e. The van der Waals surface area contributed by atoms with Crippen molar-refractivity contribution in [2.24, 2.45) is 7.05 Å². The number of halogens is 1. The third-order valence-corrected chi connectivity index (χ3v) is 3.79. The van der Waals surface area contributed by atoms with Crippen LogP contribution >= 0.6 is 11.8 Å². The van der Waals surface area contributed by atoms with Crippen LogP contribution in [0.15, 0.2) is 29.4 Å². The van der Waals surface area contributed by atoms with Gasteiger partial charge in [0.1, 0.15) is 5.82 Å². The molecule has 3 nitrogen and oxygen atoms in total. The van der Waals surface area contributed by atoms with E-state index in [0.717, 1.165) is 23.8 Å². The topological polar surface area (TPSA) is 30.7 Å². The summed E-state index contributed by atoms with van der Waals surface area (Å²) in [7, 11) is 1.87. The van der Waals surface area contributed by atoms with E-state index in [1.54, 1.807) is 30.0 Å². The number of hydrogen-bond donors (Lipinski definition) is 0. The van der Waals surface area contributed by atoms with Crippen LogP contribution in [0, 0.1) is 5.82 Å². The van der Waals surface area contributed by atoms with Crippen molar-refractivity contribution in [2.45, 2.75) is 24.9 Å². The van der Waals surface area contributed by atoms with Gasteiger partial charge < -0.3 is 4.57 Å². The maximum atomic E-state index is 13.7. The van der Waals surface area contributed by atoms with E-state index in [-0.39, 0.29) is 5.82 Å². The summed E-state index contributed by atoms with van der Waals surface area (Å²) >= 11 is 1.66. The summed E-state index contributed by atoms with van der Waals surface area (Å²) in [5.74, 6) is 1.32. The first kappa shape index (κ1) is 13.1. The lowest BCUT2D eigenvalue weighted by atomic mass is 10.2. The van der Waals surface area contributed by atoms with Gasteiger partial charge in [0, 0.05) is 12.8 Å². The van der Waals surface area contributed by atoms with E-state index < -0.39 is 0 Å². The average molecular weight is 265 g/mol. The Morgan fingerprint density at radius 2 is 2.06 bits per heavy atom. The zero-order valence-electron chi connectivity index (χ0n) is 10.6. The van der Waals surface area contributed by atoms with Gasteiger partial charge in [-0.3, -0.25) is 0 Å². The van der Waals surface area contributed by atoms with E-state index in [1.807, 2.05) is 11.6 Å². The minimum atomic E-state index is -0.266. The fourth-order valence-corrected chi connectivity index (χ4v) is 2.62. The van der Waals surface area contributed by atoms with Crippen molar-refractivity contribution < 1.29 is 4.39 Å². The summed E-state index contributed by atoms with van der Waals surface area (Å²) in [5.41, 5.74) is 0.495. The molecule has 1 heterocycles. The molecule has 0 fully saturated rings. The summed E-state index contributed by atoms with van der Waals surface area (Å²) in [5, 5.41) is 9.03. The second kappa shape index (κ2) is 6.00. The van der Waals surface area contributed by atoms with Gasteiger partial charge in [-0.15, -0.1) is 10.2 Å². The standard InChI is InChI=1S/C13H16FN3S/c1-3-4-9-18-13-16-15-12(17(13)2)10-7-5-6-8-11(10)14/h5-8H,3-4,9H2,1-2H3. The Morgan fingerprint density at radius 3 is 2.78 bits per heavy atom. The normalized spacial score (nSPS) is 10.8. The molecule has 2 aromatic rings. The van der Waals surface area contributed by atoms with Crippen molar-refractivity contribution in [1.82, 2.24) is 14.8 Å². The first-order valence-corrected chi connectivity index (χ1v) is 6.99. The van der Waals surface area contributed by atoms with Crippen LogP contribution in [0.2, 0.25) is 0 Å². The van der Waals surface area contributed by atoms with E-state index in [9.17, 15) is 4.39 Å². The van der Waals surface area contributed by atoms with Crippen LogP contribution in [0.1, 0.15) is 19.8 Å². The first-order chi connectivity index (χ1) is 8.74. The van der Waals surface area contributed by atoms with Crippen molar-refractivity contribution in [3.63, 3.8) is 0 Å². The van der Waals surface area contributed by atoms with Gasteiger partial charge in [0.25, 0.3) is 0 Å². The van der Waals surface area contributed by atoms with Crippen LogP contribution in [0.5, 0.6) is 0 Å². The third-order valence-electron chi connectivity index (χ3n) is 2.68. The third kappa shape index (κ3) is 2.72. The van der Waals surface area contributed by atoms with E-state index >= 15 is 0 Å². The van der Waals surface area contributed by atoms with Crippen molar-refractivity contribution in [3.05, 3.63) is 30.1 Å². The molecule has 0 saturated carbocycles. The molecular weight excluding hydrogens is 249 g/mol. The summed E-state index contributed by atoms with van der Waals surface area (Å²) < 4.78 is 15.5. The van der Waals surface area contributed by atoms with E-state index in [4.69, 9.17) is 0 Å². The minimum Gasteiger partial charge on any atom is -0.305 e. The molecule has 1 aromatic heterocycles. The molecule has 0 aliphatic rings. The van der Waals surface area contributed by atoms with E-state index in [2.05, 4.69) is 17.1 Å². The van der Waals surface area contributed by atoms with Crippen molar-refractivity contribution in [2.75, 3.05) is 5.75 Å². The molecule has 96 valence electrons. The second-order valence-electron chi connectivity index (χ2n) is 4.05. The Bertz CT molecular complexity index is 525. The first-order valence-electron chi connectivity index (χ1n) is 6.01. The van der Waals surface area contributed by atoms with Crippen LogP contribution in [-0.4, -0.2) is 20.5 Å². The molecular formula is C13H16FN3S. The highest BCUT2D eigenvalue weighted by Gasteiger charge is 2.13. The van der Waals surface area contributed by atoms with Crippen LogP contribution in [0.25, 0.3) is 11.4 Å². The monoisotopic (exact) mass is 265 g/mol. The Morgan fingerprint density at radius 1 is 1.28 bits per heavy atom. The molecule has 2 rings (SSSR count). The van der Waals surface area contributed by atoms with Crippen LogP contribution in [-0.2, 0) is 7.05 Å². The molecule has 5 heteroatoms. The molecule has 0 spiro atoms. The lowest BCUT2D eigenvalue weighted by molar-refractivity contribution is 0.628. The molecule has 0 bridgehead atoms. The molecule has 0 unspecified atom stereocenters. The van der Waals surface area contributed by atoms with Gasteiger partial charge in [-0.2, -0.15) is 0 Å². The zero-order valence-corrected chi connectivity index (χ0v) is 11.4. The number of aromatic nitrogens is 3.